The molecule has 5 nitrogen and oxygen atoms in total. The molecule has 118 valence electrons. The quantitative estimate of drug-likeness (QED) is 0.817. The molecule has 2 aromatic carbocycles. The predicted molar refractivity (Wildman–Crippen MR) is 89.5 cm³/mol. The molecule has 0 atom stereocenters. The molecule has 0 bridgehead atoms. The van der Waals surface area contributed by atoms with Crippen LogP contribution < -0.4 is 14.2 Å². The molecule has 0 aliphatic carbocycles. The second kappa shape index (κ2) is 6.76. The van der Waals surface area contributed by atoms with E-state index in [0.717, 1.165) is 0 Å². The van der Waals surface area contributed by atoms with Crippen LogP contribution in [-0.2, 0) is 10.0 Å². The minimum atomic E-state index is -3.85. The van der Waals surface area contributed by atoms with Gasteiger partial charge in [0.05, 0.1) is 24.9 Å². The van der Waals surface area contributed by atoms with Crippen LogP contribution in [0.2, 0.25) is 5.02 Å². The lowest BCUT2D eigenvalue weighted by Gasteiger charge is -2.13. The van der Waals surface area contributed by atoms with Gasteiger partial charge in [-0.05, 0) is 46.3 Å². The van der Waals surface area contributed by atoms with Gasteiger partial charge in [0.25, 0.3) is 10.0 Å². The highest BCUT2D eigenvalue weighted by molar-refractivity contribution is 9.10. The summed E-state index contributed by atoms with van der Waals surface area (Å²) in [6.45, 7) is 0. The third-order valence-corrected chi connectivity index (χ3v) is 5.47. The molecule has 0 fully saturated rings. The Bertz CT molecular complexity index is 795. The van der Waals surface area contributed by atoms with Crippen LogP contribution >= 0.6 is 27.5 Å². The van der Waals surface area contributed by atoms with Gasteiger partial charge < -0.3 is 9.47 Å². The minimum absolute atomic E-state index is 0.0200. The standard InChI is InChI=1S/C14H13BrClNO4S/c1-20-10-4-6-13(21-2)14(8-10)22(18,19)17-9-3-5-11(15)12(16)7-9/h3-8,17H,1-2H3. The predicted octanol–water partition coefficient (Wildman–Crippen LogP) is 3.92. The number of halogens is 2. The fraction of sp³-hybridized carbons (Fsp3) is 0.143. The summed E-state index contributed by atoms with van der Waals surface area (Å²) in [4.78, 5) is -0.0200. The van der Waals surface area contributed by atoms with Gasteiger partial charge >= 0.3 is 0 Å². The van der Waals surface area contributed by atoms with Gasteiger partial charge in [-0.15, -0.1) is 0 Å². The molecule has 2 rings (SSSR count). The number of methoxy groups -OCH3 is 2. The first kappa shape index (κ1) is 16.9. The average molecular weight is 407 g/mol. The van der Waals surface area contributed by atoms with Crippen LogP contribution in [0.15, 0.2) is 45.8 Å². The largest absolute Gasteiger partial charge is 0.497 e. The maximum absolute atomic E-state index is 12.5. The number of ether oxygens (including phenoxy) is 2. The summed E-state index contributed by atoms with van der Waals surface area (Å²) < 4.78 is 38.4. The molecule has 8 heteroatoms. The topological polar surface area (TPSA) is 64.6 Å². The molecule has 0 amide bonds. The zero-order valence-corrected chi connectivity index (χ0v) is 14.9. The van der Waals surface area contributed by atoms with Crippen molar-refractivity contribution < 1.29 is 17.9 Å². The average Bonchev–Trinajstić information content (AvgIpc) is 2.50. The number of anilines is 1. The summed E-state index contributed by atoms with van der Waals surface area (Å²) in [7, 11) is -0.989. The highest BCUT2D eigenvalue weighted by atomic mass is 79.9. The third kappa shape index (κ3) is 3.66. The van der Waals surface area contributed by atoms with Gasteiger partial charge in [0.2, 0.25) is 0 Å². The lowest BCUT2D eigenvalue weighted by atomic mass is 10.3. The molecule has 22 heavy (non-hydrogen) atoms. The van der Waals surface area contributed by atoms with E-state index in [1.54, 1.807) is 18.2 Å². The Balaban J connectivity index is 2.43. The molecule has 0 spiro atoms. The van der Waals surface area contributed by atoms with E-state index in [1.165, 1.54) is 32.4 Å². The van der Waals surface area contributed by atoms with Gasteiger partial charge in [-0.1, -0.05) is 11.6 Å². The molecule has 1 N–H and O–H groups in total. The van der Waals surface area contributed by atoms with E-state index in [-0.39, 0.29) is 10.6 Å². The van der Waals surface area contributed by atoms with Crippen LogP contribution in [0.3, 0.4) is 0 Å². The second-order valence-corrected chi connectivity index (χ2v) is 7.16. The first-order chi connectivity index (χ1) is 10.4. The third-order valence-electron chi connectivity index (χ3n) is 2.83. The molecule has 2 aromatic rings. The number of benzene rings is 2. The van der Waals surface area contributed by atoms with Gasteiger partial charge in [0, 0.05) is 10.5 Å². The fourth-order valence-electron chi connectivity index (χ4n) is 1.76. The Morgan fingerprint density at radius 1 is 1.09 bits per heavy atom. The van der Waals surface area contributed by atoms with Crippen molar-refractivity contribution >= 4 is 43.2 Å². The van der Waals surface area contributed by atoms with E-state index < -0.39 is 10.0 Å². The van der Waals surface area contributed by atoms with Crippen molar-refractivity contribution in [3.63, 3.8) is 0 Å². The summed E-state index contributed by atoms with van der Waals surface area (Å²) in [5.41, 5.74) is 0.345. The summed E-state index contributed by atoms with van der Waals surface area (Å²) in [6, 6.07) is 9.30. The van der Waals surface area contributed by atoms with Crippen LogP contribution in [0.5, 0.6) is 11.5 Å². The first-order valence-electron chi connectivity index (χ1n) is 6.07. The Morgan fingerprint density at radius 2 is 1.82 bits per heavy atom. The van der Waals surface area contributed by atoms with Crippen molar-refractivity contribution in [3.05, 3.63) is 45.9 Å². The van der Waals surface area contributed by atoms with Gasteiger partial charge in [0.15, 0.2) is 0 Å². The van der Waals surface area contributed by atoms with Gasteiger partial charge in [-0.25, -0.2) is 8.42 Å². The number of sulfonamides is 1. The van der Waals surface area contributed by atoms with Crippen molar-refractivity contribution in [2.75, 3.05) is 18.9 Å². The zero-order valence-electron chi connectivity index (χ0n) is 11.8. The molecule has 0 radical (unpaired) electrons. The minimum Gasteiger partial charge on any atom is -0.497 e. The van der Waals surface area contributed by atoms with Crippen molar-refractivity contribution in [1.29, 1.82) is 0 Å². The first-order valence-corrected chi connectivity index (χ1v) is 8.72. The maximum Gasteiger partial charge on any atom is 0.265 e. The Kier molecular flexibility index (Phi) is 5.20. The van der Waals surface area contributed by atoms with Crippen molar-refractivity contribution in [3.8, 4) is 11.5 Å². The molecule has 0 unspecified atom stereocenters. The van der Waals surface area contributed by atoms with Gasteiger partial charge in [-0.2, -0.15) is 0 Å². The van der Waals surface area contributed by atoms with Crippen LogP contribution in [0.4, 0.5) is 5.69 Å². The van der Waals surface area contributed by atoms with Crippen LogP contribution in [0, 0.1) is 0 Å². The van der Waals surface area contributed by atoms with Crippen molar-refractivity contribution in [2.45, 2.75) is 4.90 Å². The molecule has 0 saturated heterocycles. The fourth-order valence-corrected chi connectivity index (χ4v) is 3.43. The molecule has 0 saturated carbocycles. The highest BCUT2D eigenvalue weighted by Gasteiger charge is 2.21. The molecule has 0 aliphatic rings. The Labute approximate surface area is 142 Å². The number of hydrogen-bond donors (Lipinski definition) is 1. The molecule has 0 aliphatic heterocycles. The van der Waals surface area contributed by atoms with Gasteiger partial charge in [0.1, 0.15) is 16.4 Å². The lowest BCUT2D eigenvalue weighted by molar-refractivity contribution is 0.392. The smallest absolute Gasteiger partial charge is 0.265 e. The molecule has 0 heterocycles. The second-order valence-electron chi connectivity index (χ2n) is 4.25. The van der Waals surface area contributed by atoms with E-state index in [1.807, 2.05) is 0 Å². The molecular weight excluding hydrogens is 394 g/mol. The molecular formula is C14H13BrClNO4S. The zero-order chi connectivity index (χ0) is 16.3. The maximum atomic E-state index is 12.5. The molecule has 0 aromatic heterocycles. The van der Waals surface area contributed by atoms with Crippen molar-refractivity contribution in [2.24, 2.45) is 0 Å². The van der Waals surface area contributed by atoms with E-state index in [4.69, 9.17) is 21.1 Å². The lowest BCUT2D eigenvalue weighted by Crippen LogP contribution is -2.14. The normalized spacial score (nSPS) is 11.1. The summed E-state index contributed by atoms with van der Waals surface area (Å²) in [6.07, 6.45) is 0. The van der Waals surface area contributed by atoms with Crippen LogP contribution in [0.1, 0.15) is 0 Å². The number of nitrogens with one attached hydrogen (secondary N) is 1. The SMILES string of the molecule is COc1ccc(OC)c(S(=O)(=O)Nc2ccc(Br)c(Cl)c2)c1. The monoisotopic (exact) mass is 405 g/mol. The van der Waals surface area contributed by atoms with E-state index in [2.05, 4.69) is 20.7 Å². The summed E-state index contributed by atoms with van der Waals surface area (Å²) in [5, 5.41) is 0.401. The van der Waals surface area contributed by atoms with E-state index >= 15 is 0 Å². The Morgan fingerprint density at radius 3 is 2.41 bits per heavy atom. The van der Waals surface area contributed by atoms with Gasteiger partial charge in [-0.3, -0.25) is 4.72 Å². The van der Waals surface area contributed by atoms with E-state index in [0.29, 0.717) is 20.9 Å². The highest BCUT2D eigenvalue weighted by Crippen LogP contribution is 2.31. The van der Waals surface area contributed by atoms with Crippen molar-refractivity contribution in [1.82, 2.24) is 0 Å². The van der Waals surface area contributed by atoms with Crippen LogP contribution in [0.25, 0.3) is 0 Å². The summed E-state index contributed by atoms with van der Waals surface area (Å²) in [5.74, 6) is 0.631. The number of hydrogen-bond acceptors (Lipinski definition) is 4. The number of rotatable bonds is 5. The summed E-state index contributed by atoms with van der Waals surface area (Å²) >= 11 is 9.22. The van der Waals surface area contributed by atoms with E-state index in [9.17, 15) is 8.42 Å². The van der Waals surface area contributed by atoms with Crippen LogP contribution in [-0.4, -0.2) is 22.6 Å². The Hall–Kier alpha value is -1.44.